The van der Waals surface area contributed by atoms with Crippen LogP contribution in [0.5, 0.6) is 0 Å². The number of carbonyl (C=O) groups is 1. The highest BCUT2D eigenvalue weighted by Crippen LogP contribution is 2.27. The normalized spacial score (nSPS) is 21.4. The van der Waals surface area contributed by atoms with E-state index in [1.165, 1.54) is 11.1 Å². The maximum Gasteiger partial charge on any atom is 0.227 e. The summed E-state index contributed by atoms with van der Waals surface area (Å²) in [6.07, 6.45) is 3.79. The molecule has 4 rings (SSSR count). The fourth-order valence-corrected chi connectivity index (χ4v) is 3.77. The number of benzene rings is 1. The Morgan fingerprint density at radius 3 is 2.61 bits per heavy atom. The topological polar surface area (TPSA) is 36.7 Å². The number of furan rings is 1. The van der Waals surface area contributed by atoms with E-state index < -0.39 is 0 Å². The Bertz CT molecular complexity index is 655. The summed E-state index contributed by atoms with van der Waals surface area (Å²) in [7, 11) is 0. The van der Waals surface area contributed by atoms with Crippen molar-refractivity contribution in [2.24, 2.45) is 5.92 Å². The average molecular weight is 310 g/mol. The summed E-state index contributed by atoms with van der Waals surface area (Å²) >= 11 is 0. The zero-order valence-corrected chi connectivity index (χ0v) is 13.3. The van der Waals surface area contributed by atoms with E-state index in [-0.39, 0.29) is 5.92 Å². The lowest BCUT2D eigenvalue weighted by Crippen LogP contribution is -2.43. The van der Waals surface area contributed by atoms with Crippen molar-refractivity contribution in [1.82, 2.24) is 9.80 Å². The van der Waals surface area contributed by atoms with E-state index in [9.17, 15) is 4.79 Å². The molecular weight excluding hydrogens is 288 g/mol. The molecule has 1 saturated heterocycles. The van der Waals surface area contributed by atoms with E-state index in [2.05, 4.69) is 29.2 Å². The minimum atomic E-state index is 0.119. The Morgan fingerprint density at radius 1 is 1.13 bits per heavy atom. The molecule has 1 unspecified atom stereocenters. The summed E-state index contributed by atoms with van der Waals surface area (Å²) in [5, 5.41) is 0. The molecule has 1 aromatic carbocycles. The van der Waals surface area contributed by atoms with Gasteiger partial charge in [-0.15, -0.1) is 0 Å². The van der Waals surface area contributed by atoms with Gasteiger partial charge in [-0.05, 0) is 42.6 Å². The third kappa shape index (κ3) is 3.04. The van der Waals surface area contributed by atoms with Crippen LogP contribution >= 0.6 is 0 Å². The van der Waals surface area contributed by atoms with Crippen molar-refractivity contribution in [3.63, 3.8) is 0 Å². The molecule has 0 saturated carbocycles. The van der Waals surface area contributed by atoms with Crippen LogP contribution in [0.1, 0.15) is 29.7 Å². The van der Waals surface area contributed by atoms with Crippen molar-refractivity contribution >= 4 is 5.91 Å². The van der Waals surface area contributed by atoms with Gasteiger partial charge in [-0.25, -0.2) is 0 Å². The molecule has 1 atom stereocenters. The highest BCUT2D eigenvalue weighted by atomic mass is 16.3. The number of rotatable bonds is 3. The predicted molar refractivity (Wildman–Crippen MR) is 87.4 cm³/mol. The zero-order chi connectivity index (χ0) is 15.6. The van der Waals surface area contributed by atoms with Gasteiger partial charge in [0.2, 0.25) is 5.91 Å². The lowest BCUT2D eigenvalue weighted by atomic mass is 9.96. The van der Waals surface area contributed by atoms with Crippen LogP contribution in [0.3, 0.4) is 0 Å². The third-order valence-electron chi connectivity index (χ3n) is 4.97. The van der Waals surface area contributed by atoms with E-state index in [0.29, 0.717) is 5.91 Å². The number of fused-ring (bicyclic) bond motifs is 1. The van der Waals surface area contributed by atoms with Crippen LogP contribution in [0.2, 0.25) is 0 Å². The SMILES string of the molecule is O=C(C1CCCN(Cc2ccco2)C1)N1Cc2ccccc2C1. The summed E-state index contributed by atoms with van der Waals surface area (Å²) in [4.78, 5) is 17.3. The van der Waals surface area contributed by atoms with Crippen molar-refractivity contribution in [2.75, 3.05) is 13.1 Å². The minimum Gasteiger partial charge on any atom is -0.468 e. The van der Waals surface area contributed by atoms with E-state index in [4.69, 9.17) is 4.42 Å². The van der Waals surface area contributed by atoms with Crippen molar-refractivity contribution in [1.29, 1.82) is 0 Å². The van der Waals surface area contributed by atoms with Gasteiger partial charge in [0, 0.05) is 19.6 Å². The molecular formula is C19H22N2O2. The first-order valence-corrected chi connectivity index (χ1v) is 8.40. The van der Waals surface area contributed by atoms with Crippen LogP contribution in [-0.2, 0) is 24.4 Å². The van der Waals surface area contributed by atoms with Crippen LogP contribution in [0, 0.1) is 5.92 Å². The second-order valence-corrected chi connectivity index (χ2v) is 6.62. The van der Waals surface area contributed by atoms with Gasteiger partial charge >= 0.3 is 0 Å². The molecule has 0 bridgehead atoms. The van der Waals surface area contributed by atoms with E-state index in [1.54, 1.807) is 6.26 Å². The lowest BCUT2D eigenvalue weighted by molar-refractivity contribution is -0.138. The van der Waals surface area contributed by atoms with Gasteiger partial charge in [-0.1, -0.05) is 24.3 Å². The Hall–Kier alpha value is -2.07. The second kappa shape index (κ2) is 6.20. The monoisotopic (exact) mass is 310 g/mol. The highest BCUT2D eigenvalue weighted by molar-refractivity contribution is 5.79. The average Bonchev–Trinajstić information content (AvgIpc) is 3.23. The maximum absolute atomic E-state index is 12.9. The summed E-state index contributed by atoms with van der Waals surface area (Å²) in [6.45, 7) is 4.22. The van der Waals surface area contributed by atoms with Crippen LogP contribution in [-0.4, -0.2) is 28.8 Å². The van der Waals surface area contributed by atoms with E-state index in [1.807, 2.05) is 17.0 Å². The Morgan fingerprint density at radius 2 is 1.91 bits per heavy atom. The summed E-state index contributed by atoms with van der Waals surface area (Å²) < 4.78 is 5.44. The molecule has 0 aliphatic carbocycles. The van der Waals surface area contributed by atoms with E-state index in [0.717, 1.165) is 51.3 Å². The fraction of sp³-hybridized carbons (Fsp3) is 0.421. The molecule has 0 spiro atoms. The molecule has 2 aromatic rings. The summed E-state index contributed by atoms with van der Waals surface area (Å²) in [5.74, 6) is 1.41. The summed E-state index contributed by atoms with van der Waals surface area (Å²) in [5.41, 5.74) is 2.59. The number of piperidine rings is 1. The Labute approximate surface area is 136 Å². The van der Waals surface area contributed by atoms with Crippen LogP contribution in [0.15, 0.2) is 47.1 Å². The standard InChI is InChI=1S/C19H22N2O2/c22-19(21-12-15-5-1-2-6-16(15)13-21)17-7-3-9-20(11-17)14-18-8-4-10-23-18/h1-2,4-6,8,10,17H,3,7,9,11-14H2. The van der Waals surface area contributed by atoms with Crippen LogP contribution < -0.4 is 0 Å². The smallest absolute Gasteiger partial charge is 0.227 e. The van der Waals surface area contributed by atoms with Crippen molar-refractivity contribution < 1.29 is 9.21 Å². The number of carbonyl (C=O) groups excluding carboxylic acids is 1. The third-order valence-corrected chi connectivity index (χ3v) is 4.97. The molecule has 2 aliphatic heterocycles. The van der Waals surface area contributed by atoms with E-state index >= 15 is 0 Å². The molecule has 2 aliphatic rings. The summed E-state index contributed by atoms with van der Waals surface area (Å²) in [6, 6.07) is 12.3. The lowest BCUT2D eigenvalue weighted by Gasteiger charge is -2.33. The molecule has 4 nitrogen and oxygen atoms in total. The number of hydrogen-bond donors (Lipinski definition) is 0. The molecule has 1 amide bonds. The van der Waals surface area contributed by atoms with Gasteiger partial charge in [-0.2, -0.15) is 0 Å². The molecule has 120 valence electrons. The minimum absolute atomic E-state index is 0.119. The molecule has 0 radical (unpaired) electrons. The predicted octanol–water partition coefficient (Wildman–Crippen LogP) is 3.03. The number of amides is 1. The molecule has 0 N–H and O–H groups in total. The maximum atomic E-state index is 12.9. The number of hydrogen-bond acceptors (Lipinski definition) is 3. The molecule has 23 heavy (non-hydrogen) atoms. The van der Waals surface area contributed by atoms with Crippen molar-refractivity contribution in [3.8, 4) is 0 Å². The fourth-order valence-electron chi connectivity index (χ4n) is 3.77. The first kappa shape index (κ1) is 14.5. The van der Waals surface area contributed by atoms with Crippen molar-refractivity contribution in [3.05, 3.63) is 59.5 Å². The van der Waals surface area contributed by atoms with Gasteiger partial charge in [0.05, 0.1) is 18.7 Å². The number of likely N-dealkylation sites (tertiary alicyclic amines) is 1. The van der Waals surface area contributed by atoms with Gasteiger partial charge < -0.3 is 9.32 Å². The molecule has 1 aromatic heterocycles. The first-order valence-electron chi connectivity index (χ1n) is 8.40. The van der Waals surface area contributed by atoms with Crippen LogP contribution in [0.25, 0.3) is 0 Å². The van der Waals surface area contributed by atoms with Crippen molar-refractivity contribution in [2.45, 2.75) is 32.5 Å². The molecule has 4 heteroatoms. The first-order chi connectivity index (χ1) is 11.3. The number of nitrogens with zero attached hydrogens (tertiary/aromatic N) is 2. The second-order valence-electron chi connectivity index (χ2n) is 6.62. The van der Waals surface area contributed by atoms with Gasteiger partial charge in [0.25, 0.3) is 0 Å². The van der Waals surface area contributed by atoms with Gasteiger partial charge in [0.1, 0.15) is 5.76 Å². The quantitative estimate of drug-likeness (QED) is 0.874. The molecule has 1 fully saturated rings. The largest absolute Gasteiger partial charge is 0.468 e. The molecule has 3 heterocycles. The Balaban J connectivity index is 1.39. The van der Waals surface area contributed by atoms with Crippen LogP contribution in [0.4, 0.5) is 0 Å². The Kier molecular flexibility index (Phi) is 3.92. The highest BCUT2D eigenvalue weighted by Gasteiger charge is 2.32. The van der Waals surface area contributed by atoms with Gasteiger partial charge in [0.15, 0.2) is 0 Å². The van der Waals surface area contributed by atoms with Gasteiger partial charge in [-0.3, -0.25) is 9.69 Å². The zero-order valence-electron chi connectivity index (χ0n) is 13.3.